The maximum absolute atomic E-state index is 11.8. The Morgan fingerprint density at radius 3 is 1.57 bits per heavy atom. The van der Waals surface area contributed by atoms with E-state index in [0.717, 1.165) is 12.8 Å². The lowest BCUT2D eigenvalue weighted by Crippen LogP contribution is -2.20. The predicted molar refractivity (Wildman–Crippen MR) is 109 cm³/mol. The molecule has 4 aliphatic rings. The minimum atomic E-state index is -0.0854. The number of allylic oxidation sites excluding steroid dienone is 4. The summed E-state index contributed by atoms with van der Waals surface area (Å²) in [6.45, 7) is 0. The molecule has 6 unspecified atom stereocenters. The highest BCUT2D eigenvalue weighted by molar-refractivity contribution is 5.78. The van der Waals surface area contributed by atoms with Gasteiger partial charge in [-0.15, -0.1) is 0 Å². The Labute approximate surface area is 166 Å². The molecule has 6 nitrogen and oxygen atoms in total. The van der Waals surface area contributed by atoms with Crippen molar-refractivity contribution in [3.63, 3.8) is 0 Å². The number of fused-ring (bicyclic) bond motifs is 4. The molecule has 6 heteroatoms. The van der Waals surface area contributed by atoms with Gasteiger partial charge in [0.05, 0.1) is 0 Å². The third-order valence-electron chi connectivity index (χ3n) is 6.63. The van der Waals surface area contributed by atoms with Crippen LogP contribution in [0.15, 0.2) is 34.5 Å². The zero-order valence-electron chi connectivity index (χ0n) is 16.3. The molecular formula is C22H30N4O2. The van der Waals surface area contributed by atoms with Gasteiger partial charge < -0.3 is 0 Å². The summed E-state index contributed by atoms with van der Waals surface area (Å²) >= 11 is 0. The summed E-state index contributed by atoms with van der Waals surface area (Å²) in [6.07, 6.45) is 19.8. The van der Waals surface area contributed by atoms with E-state index in [1.54, 1.807) is 0 Å². The minimum absolute atomic E-state index is 0.0854. The fourth-order valence-electron chi connectivity index (χ4n) is 5.08. The van der Waals surface area contributed by atoms with E-state index in [0.29, 0.717) is 61.2 Å². The first-order chi connectivity index (χ1) is 13.7. The van der Waals surface area contributed by atoms with Gasteiger partial charge in [0.1, 0.15) is 0 Å². The molecular weight excluding hydrogens is 352 g/mol. The number of unbranched alkanes of at least 4 members (excludes halogenated alkanes) is 1. The van der Waals surface area contributed by atoms with Crippen molar-refractivity contribution < 1.29 is 9.59 Å². The number of carbonyl (C=O) groups is 2. The second-order valence-corrected chi connectivity index (χ2v) is 8.72. The molecule has 2 saturated carbocycles. The summed E-state index contributed by atoms with van der Waals surface area (Å²) < 4.78 is 0. The summed E-state index contributed by atoms with van der Waals surface area (Å²) in [4.78, 5) is 23.7. The Morgan fingerprint density at radius 2 is 1.21 bits per heavy atom. The van der Waals surface area contributed by atoms with Crippen molar-refractivity contribution in [3.05, 3.63) is 24.3 Å². The summed E-state index contributed by atoms with van der Waals surface area (Å²) in [6, 6.07) is 0. The first-order valence-corrected chi connectivity index (χ1v) is 10.7. The van der Waals surface area contributed by atoms with Crippen LogP contribution in [0.3, 0.4) is 0 Å². The van der Waals surface area contributed by atoms with Crippen molar-refractivity contribution in [2.75, 3.05) is 0 Å². The highest BCUT2D eigenvalue weighted by Crippen LogP contribution is 2.43. The summed E-state index contributed by atoms with van der Waals surface area (Å²) in [5.74, 6) is 3.38. The number of nitrogens with zero attached hydrogens (tertiary/aromatic N) is 2. The molecule has 4 aliphatic carbocycles. The molecule has 0 aromatic rings. The Balaban J connectivity index is 1.03. The third kappa shape index (κ3) is 4.78. The van der Waals surface area contributed by atoms with E-state index in [-0.39, 0.29) is 11.8 Å². The van der Waals surface area contributed by atoms with Gasteiger partial charge in [-0.3, -0.25) is 9.59 Å². The van der Waals surface area contributed by atoms with Crippen LogP contribution in [0.4, 0.5) is 0 Å². The van der Waals surface area contributed by atoms with Gasteiger partial charge >= 0.3 is 0 Å². The van der Waals surface area contributed by atoms with Crippen LogP contribution in [0.2, 0.25) is 0 Å². The van der Waals surface area contributed by atoms with Gasteiger partial charge in [-0.1, -0.05) is 24.3 Å². The van der Waals surface area contributed by atoms with Gasteiger partial charge in [-0.05, 0) is 62.2 Å². The first-order valence-electron chi connectivity index (χ1n) is 10.7. The maximum atomic E-state index is 11.8. The smallest absolute Gasteiger partial charge is 0.240 e. The number of rotatable bonds is 9. The number of hydrogen-bond acceptors (Lipinski definition) is 4. The fraction of sp³-hybridized carbons (Fsp3) is 0.636. The number of hydrogen-bond donors (Lipinski definition) is 2. The van der Waals surface area contributed by atoms with E-state index in [4.69, 9.17) is 0 Å². The van der Waals surface area contributed by atoms with Crippen LogP contribution in [-0.2, 0) is 9.59 Å². The zero-order chi connectivity index (χ0) is 19.3. The summed E-state index contributed by atoms with van der Waals surface area (Å²) in [7, 11) is 0. The molecule has 2 N–H and O–H groups in total. The topological polar surface area (TPSA) is 82.9 Å². The standard InChI is InChI=1S/C22H30N4O2/c27-21(25-23-13-19-11-15-5-7-17(19)9-15)3-1-2-4-22(28)26-24-14-20-12-16-6-8-18(20)10-16/h5-8,13-20H,1-4,9-12H2,(H,25,27)(H,26,28). The average Bonchev–Trinajstić information content (AvgIpc) is 3.46. The van der Waals surface area contributed by atoms with E-state index >= 15 is 0 Å². The van der Waals surface area contributed by atoms with E-state index in [1.165, 1.54) is 12.8 Å². The number of carbonyl (C=O) groups excluding carboxylic acids is 2. The first kappa shape index (κ1) is 19.1. The van der Waals surface area contributed by atoms with Gasteiger partial charge in [0.15, 0.2) is 0 Å². The summed E-state index contributed by atoms with van der Waals surface area (Å²) in [5, 5.41) is 8.24. The van der Waals surface area contributed by atoms with Crippen LogP contribution in [0.1, 0.15) is 51.4 Å². The molecule has 0 aliphatic heterocycles. The molecule has 28 heavy (non-hydrogen) atoms. The Bertz CT molecular complexity index is 651. The number of amides is 2. The molecule has 0 aromatic heterocycles. The highest BCUT2D eigenvalue weighted by Gasteiger charge is 2.35. The average molecular weight is 383 g/mol. The van der Waals surface area contributed by atoms with Crippen molar-refractivity contribution in [2.45, 2.75) is 51.4 Å². The molecule has 2 fully saturated rings. The largest absolute Gasteiger partial charge is 0.273 e. The Morgan fingerprint density at radius 1 is 0.750 bits per heavy atom. The SMILES string of the molecule is O=C(CCCCC(=O)NN=CC1CC2C=CC1C2)NN=CC1CC2C=CC1C2. The lowest BCUT2D eigenvalue weighted by molar-refractivity contribution is -0.123. The lowest BCUT2D eigenvalue weighted by atomic mass is 9.95. The van der Waals surface area contributed by atoms with Crippen LogP contribution in [0.25, 0.3) is 0 Å². The molecule has 4 bridgehead atoms. The normalized spacial score (nSPS) is 34.9. The number of nitrogens with one attached hydrogen (secondary N) is 2. The second kappa shape index (κ2) is 8.84. The predicted octanol–water partition coefficient (Wildman–Crippen LogP) is 3.18. The van der Waals surface area contributed by atoms with Crippen molar-refractivity contribution in [1.82, 2.24) is 10.9 Å². The molecule has 0 heterocycles. The van der Waals surface area contributed by atoms with Crippen LogP contribution < -0.4 is 10.9 Å². The van der Waals surface area contributed by atoms with E-state index < -0.39 is 0 Å². The van der Waals surface area contributed by atoms with Gasteiger partial charge in [0.2, 0.25) is 11.8 Å². The lowest BCUT2D eigenvalue weighted by Gasteiger charge is -2.12. The van der Waals surface area contributed by atoms with Crippen LogP contribution in [0, 0.1) is 35.5 Å². The maximum Gasteiger partial charge on any atom is 0.240 e. The second-order valence-electron chi connectivity index (χ2n) is 8.72. The van der Waals surface area contributed by atoms with Crippen molar-refractivity contribution in [1.29, 1.82) is 0 Å². The van der Waals surface area contributed by atoms with Crippen molar-refractivity contribution in [3.8, 4) is 0 Å². The van der Waals surface area contributed by atoms with Gasteiger partial charge in [-0.2, -0.15) is 10.2 Å². The molecule has 0 aromatic carbocycles. The third-order valence-corrected chi connectivity index (χ3v) is 6.63. The Hall–Kier alpha value is -2.24. The molecule has 4 rings (SSSR count). The number of hydrazone groups is 2. The van der Waals surface area contributed by atoms with Gasteiger partial charge in [0, 0.05) is 37.1 Å². The van der Waals surface area contributed by atoms with E-state index in [2.05, 4.69) is 45.4 Å². The molecule has 6 atom stereocenters. The van der Waals surface area contributed by atoms with Gasteiger partial charge in [-0.25, -0.2) is 10.9 Å². The molecule has 150 valence electrons. The monoisotopic (exact) mass is 382 g/mol. The zero-order valence-corrected chi connectivity index (χ0v) is 16.3. The van der Waals surface area contributed by atoms with Gasteiger partial charge in [0.25, 0.3) is 0 Å². The van der Waals surface area contributed by atoms with Crippen molar-refractivity contribution in [2.24, 2.45) is 45.7 Å². The Kier molecular flexibility index (Phi) is 6.03. The van der Waals surface area contributed by atoms with E-state index in [9.17, 15) is 9.59 Å². The molecule has 2 amide bonds. The van der Waals surface area contributed by atoms with E-state index in [1.807, 2.05) is 12.4 Å². The van der Waals surface area contributed by atoms with Crippen molar-refractivity contribution >= 4 is 24.2 Å². The quantitative estimate of drug-likeness (QED) is 0.278. The molecule has 0 spiro atoms. The van der Waals surface area contributed by atoms with Crippen LogP contribution in [-0.4, -0.2) is 24.2 Å². The highest BCUT2D eigenvalue weighted by atomic mass is 16.2. The minimum Gasteiger partial charge on any atom is -0.273 e. The summed E-state index contributed by atoms with van der Waals surface area (Å²) in [5.41, 5.74) is 5.23. The van der Waals surface area contributed by atoms with Crippen LogP contribution in [0.5, 0.6) is 0 Å². The molecule has 0 radical (unpaired) electrons. The van der Waals surface area contributed by atoms with Crippen LogP contribution >= 0.6 is 0 Å². The fourth-order valence-corrected chi connectivity index (χ4v) is 5.08. The molecule has 0 saturated heterocycles.